The largest absolute Gasteiger partial charge is 0.488 e. The van der Waals surface area contributed by atoms with E-state index in [0.717, 1.165) is 5.56 Å². The second-order valence-corrected chi connectivity index (χ2v) is 6.73. The van der Waals surface area contributed by atoms with Crippen molar-refractivity contribution in [2.24, 2.45) is 5.10 Å². The second-order valence-electron chi connectivity index (χ2n) is 6.30. The fraction of sp³-hybridized carbons (Fsp3) is 0.0870. The summed E-state index contributed by atoms with van der Waals surface area (Å²) in [5, 5.41) is 7.13. The zero-order valence-corrected chi connectivity index (χ0v) is 16.8. The molecule has 0 radical (unpaired) electrons. The molecule has 3 aromatic carbocycles. The van der Waals surface area contributed by atoms with Crippen LogP contribution in [0.2, 0.25) is 5.02 Å². The molecule has 0 aliphatic carbocycles. The summed E-state index contributed by atoms with van der Waals surface area (Å²) in [6.45, 7) is 0.168. The van der Waals surface area contributed by atoms with E-state index < -0.39 is 5.91 Å². The molecule has 0 unspecified atom stereocenters. The van der Waals surface area contributed by atoms with E-state index in [9.17, 15) is 9.59 Å². The molecule has 7 heteroatoms. The number of amides is 2. The first-order valence-electron chi connectivity index (χ1n) is 9.23. The van der Waals surface area contributed by atoms with Crippen molar-refractivity contribution in [3.05, 3.63) is 101 Å². The summed E-state index contributed by atoms with van der Waals surface area (Å²) in [5.41, 5.74) is 4.52. The van der Waals surface area contributed by atoms with Crippen LogP contribution in [-0.4, -0.2) is 24.6 Å². The average Bonchev–Trinajstić information content (AvgIpc) is 2.77. The Balaban J connectivity index is 1.51. The number of para-hydroxylation sites is 1. The number of benzene rings is 3. The summed E-state index contributed by atoms with van der Waals surface area (Å²) < 4.78 is 5.84. The molecule has 3 aromatic rings. The Labute approximate surface area is 179 Å². The van der Waals surface area contributed by atoms with Gasteiger partial charge in [0, 0.05) is 16.1 Å². The van der Waals surface area contributed by atoms with Crippen LogP contribution in [0.5, 0.6) is 5.75 Å². The molecule has 0 aromatic heterocycles. The fourth-order valence-corrected chi connectivity index (χ4v) is 2.78. The highest BCUT2D eigenvalue weighted by Gasteiger charge is 2.07. The van der Waals surface area contributed by atoms with Gasteiger partial charge in [0.05, 0.1) is 12.8 Å². The molecule has 0 aliphatic rings. The van der Waals surface area contributed by atoms with Gasteiger partial charge in [0.15, 0.2) is 0 Å². The summed E-state index contributed by atoms with van der Waals surface area (Å²) >= 11 is 5.99. The summed E-state index contributed by atoms with van der Waals surface area (Å²) in [7, 11) is 0. The average molecular weight is 422 g/mol. The van der Waals surface area contributed by atoms with Gasteiger partial charge < -0.3 is 10.1 Å². The maximum Gasteiger partial charge on any atom is 0.259 e. The van der Waals surface area contributed by atoms with Crippen molar-refractivity contribution < 1.29 is 14.3 Å². The van der Waals surface area contributed by atoms with E-state index in [2.05, 4.69) is 15.8 Å². The second kappa shape index (κ2) is 10.8. The Morgan fingerprint density at radius 3 is 2.53 bits per heavy atom. The molecule has 0 bridgehead atoms. The molecular formula is C23H20ClN3O3. The van der Waals surface area contributed by atoms with Gasteiger partial charge in [-0.3, -0.25) is 9.59 Å². The Morgan fingerprint density at radius 1 is 0.967 bits per heavy atom. The lowest BCUT2D eigenvalue weighted by molar-refractivity contribution is -0.120. The highest BCUT2D eigenvalue weighted by molar-refractivity contribution is 6.30. The van der Waals surface area contributed by atoms with E-state index in [4.69, 9.17) is 16.3 Å². The molecule has 0 saturated heterocycles. The minimum Gasteiger partial charge on any atom is -0.488 e. The molecule has 0 fully saturated rings. The van der Waals surface area contributed by atoms with Crippen LogP contribution in [0.4, 0.5) is 0 Å². The predicted octanol–water partition coefficient (Wildman–Crippen LogP) is 3.80. The molecule has 3 rings (SSSR count). The lowest BCUT2D eigenvalue weighted by Crippen LogP contribution is -2.34. The van der Waals surface area contributed by atoms with Crippen LogP contribution < -0.4 is 15.5 Å². The van der Waals surface area contributed by atoms with E-state index in [1.807, 2.05) is 48.5 Å². The van der Waals surface area contributed by atoms with Gasteiger partial charge in [0.25, 0.3) is 11.8 Å². The molecule has 0 aliphatic heterocycles. The van der Waals surface area contributed by atoms with Crippen molar-refractivity contribution in [1.29, 1.82) is 0 Å². The highest BCUT2D eigenvalue weighted by atomic mass is 35.5. The number of halogens is 1. The molecule has 0 spiro atoms. The fourth-order valence-electron chi connectivity index (χ4n) is 2.57. The molecule has 0 saturated carbocycles. The number of rotatable bonds is 8. The van der Waals surface area contributed by atoms with Gasteiger partial charge in [-0.25, -0.2) is 5.43 Å². The van der Waals surface area contributed by atoms with Crippen molar-refractivity contribution in [2.45, 2.75) is 6.61 Å². The first-order chi connectivity index (χ1) is 14.6. The third-order valence-electron chi connectivity index (χ3n) is 4.04. The number of hydrazone groups is 1. The smallest absolute Gasteiger partial charge is 0.259 e. The SMILES string of the molecule is O=C(CNC(=O)c1ccccc1)N/N=C\c1ccccc1OCc1cccc(Cl)c1. The lowest BCUT2D eigenvalue weighted by atomic mass is 10.2. The van der Waals surface area contributed by atoms with E-state index in [1.165, 1.54) is 6.21 Å². The van der Waals surface area contributed by atoms with Crippen LogP contribution in [0.25, 0.3) is 0 Å². The lowest BCUT2D eigenvalue weighted by Gasteiger charge is -2.09. The molecule has 6 nitrogen and oxygen atoms in total. The van der Waals surface area contributed by atoms with Gasteiger partial charge in [-0.2, -0.15) is 5.10 Å². The van der Waals surface area contributed by atoms with Gasteiger partial charge >= 0.3 is 0 Å². The predicted molar refractivity (Wildman–Crippen MR) is 117 cm³/mol. The topological polar surface area (TPSA) is 79.8 Å². The highest BCUT2D eigenvalue weighted by Crippen LogP contribution is 2.18. The minimum atomic E-state index is -0.437. The van der Waals surface area contributed by atoms with E-state index >= 15 is 0 Å². The first kappa shape index (κ1) is 21.1. The number of nitrogens with one attached hydrogen (secondary N) is 2. The van der Waals surface area contributed by atoms with Gasteiger partial charge in [-0.1, -0.05) is 54.1 Å². The van der Waals surface area contributed by atoms with Crippen LogP contribution >= 0.6 is 11.6 Å². The maximum absolute atomic E-state index is 11.9. The first-order valence-corrected chi connectivity index (χ1v) is 9.61. The zero-order valence-electron chi connectivity index (χ0n) is 16.0. The van der Waals surface area contributed by atoms with Crippen molar-refractivity contribution in [2.75, 3.05) is 6.54 Å². The van der Waals surface area contributed by atoms with Crippen molar-refractivity contribution in [3.8, 4) is 5.75 Å². The Kier molecular flexibility index (Phi) is 7.58. The zero-order chi connectivity index (χ0) is 21.2. The standard InChI is InChI=1S/C23H20ClN3O3/c24-20-11-6-7-17(13-20)16-30-21-12-5-4-10-19(21)14-26-27-22(28)15-25-23(29)18-8-2-1-3-9-18/h1-14H,15-16H2,(H,25,29)(H,27,28)/b26-14-. The van der Waals surface area contributed by atoms with E-state index in [-0.39, 0.29) is 12.5 Å². The van der Waals surface area contributed by atoms with Crippen LogP contribution in [0.3, 0.4) is 0 Å². The number of nitrogens with zero attached hydrogens (tertiary/aromatic N) is 1. The summed E-state index contributed by atoms with van der Waals surface area (Å²) in [6.07, 6.45) is 1.49. The molecular weight excluding hydrogens is 402 g/mol. The quantitative estimate of drug-likeness (QED) is 0.429. The molecule has 30 heavy (non-hydrogen) atoms. The maximum atomic E-state index is 11.9. The van der Waals surface area contributed by atoms with E-state index in [1.54, 1.807) is 30.3 Å². The molecule has 152 valence electrons. The minimum absolute atomic E-state index is 0.183. The monoisotopic (exact) mass is 421 g/mol. The van der Waals surface area contributed by atoms with Crippen LogP contribution in [-0.2, 0) is 11.4 Å². The number of hydrogen-bond acceptors (Lipinski definition) is 4. The Hall–Kier alpha value is -3.64. The van der Waals surface area contributed by atoms with Crippen molar-refractivity contribution in [3.63, 3.8) is 0 Å². The van der Waals surface area contributed by atoms with Gasteiger partial charge in [-0.05, 0) is 42.0 Å². The van der Waals surface area contributed by atoms with Crippen LogP contribution in [0, 0.1) is 0 Å². The van der Waals surface area contributed by atoms with Crippen molar-refractivity contribution >= 4 is 29.6 Å². The van der Waals surface area contributed by atoms with Crippen molar-refractivity contribution in [1.82, 2.24) is 10.7 Å². The number of carbonyl (C=O) groups is 2. The third-order valence-corrected chi connectivity index (χ3v) is 4.28. The van der Waals surface area contributed by atoms with Gasteiger partial charge in [0.1, 0.15) is 12.4 Å². The van der Waals surface area contributed by atoms with Gasteiger partial charge in [-0.15, -0.1) is 0 Å². The Morgan fingerprint density at radius 2 is 1.73 bits per heavy atom. The van der Waals surface area contributed by atoms with E-state index in [0.29, 0.717) is 28.5 Å². The number of carbonyl (C=O) groups excluding carboxylic acids is 2. The van der Waals surface area contributed by atoms with Crippen LogP contribution in [0.1, 0.15) is 21.5 Å². The van der Waals surface area contributed by atoms with Crippen LogP contribution in [0.15, 0.2) is 84.0 Å². The molecule has 0 heterocycles. The molecule has 0 atom stereocenters. The number of ether oxygens (including phenoxy) is 1. The van der Waals surface area contributed by atoms with Gasteiger partial charge in [0.2, 0.25) is 0 Å². The Bertz CT molecular complexity index is 1040. The summed E-state index contributed by atoms with van der Waals surface area (Å²) in [6, 6.07) is 23.4. The third kappa shape index (κ3) is 6.46. The molecule has 2 N–H and O–H groups in total. The normalized spacial score (nSPS) is 10.6. The molecule has 2 amide bonds. The summed E-state index contributed by atoms with van der Waals surface area (Å²) in [4.78, 5) is 23.9. The number of hydrogen-bond donors (Lipinski definition) is 2. The summed E-state index contributed by atoms with van der Waals surface area (Å²) in [5.74, 6) is -0.143.